The minimum atomic E-state index is 0.546. The van der Waals surface area contributed by atoms with Gasteiger partial charge >= 0.3 is 0 Å². The van der Waals surface area contributed by atoms with Gasteiger partial charge in [0.2, 0.25) is 0 Å². The molecule has 0 radical (unpaired) electrons. The number of aromatic nitrogens is 2. The minimum Gasteiger partial charge on any atom is -0.314 e. The molecule has 1 aromatic heterocycles. The Bertz CT molecular complexity index is 428. The zero-order valence-electron chi connectivity index (χ0n) is 13.7. The van der Waals surface area contributed by atoms with Crippen LogP contribution >= 0.6 is 11.6 Å². The Morgan fingerprint density at radius 3 is 2.81 bits per heavy atom. The van der Waals surface area contributed by atoms with Gasteiger partial charge in [-0.15, -0.1) is 0 Å². The highest BCUT2D eigenvalue weighted by Gasteiger charge is 2.29. The van der Waals surface area contributed by atoms with Crippen LogP contribution in [0.1, 0.15) is 70.9 Å². The Kier molecular flexibility index (Phi) is 6.56. The summed E-state index contributed by atoms with van der Waals surface area (Å²) in [6, 6.07) is 0.546. The fraction of sp³-hybridized carbons (Fsp3) is 0.824. The Morgan fingerprint density at radius 1 is 1.33 bits per heavy atom. The van der Waals surface area contributed by atoms with E-state index in [-0.39, 0.29) is 0 Å². The molecule has 2 unspecified atom stereocenters. The van der Waals surface area contributed by atoms with Gasteiger partial charge < -0.3 is 5.32 Å². The van der Waals surface area contributed by atoms with Crippen molar-refractivity contribution in [3.8, 4) is 0 Å². The van der Waals surface area contributed by atoms with E-state index in [1.165, 1.54) is 37.8 Å². The molecule has 1 aromatic rings. The van der Waals surface area contributed by atoms with Crippen LogP contribution < -0.4 is 5.32 Å². The van der Waals surface area contributed by atoms with Crippen molar-refractivity contribution >= 4 is 11.6 Å². The van der Waals surface area contributed by atoms with Gasteiger partial charge in [0.05, 0.1) is 16.9 Å². The summed E-state index contributed by atoms with van der Waals surface area (Å²) in [5.74, 6) is 1.24. The second-order valence-electron chi connectivity index (χ2n) is 6.67. The van der Waals surface area contributed by atoms with Crippen LogP contribution in [-0.2, 0) is 6.54 Å². The quantitative estimate of drug-likeness (QED) is 0.778. The predicted octanol–water partition coefficient (Wildman–Crippen LogP) is 4.61. The molecule has 2 rings (SSSR count). The molecule has 3 nitrogen and oxygen atoms in total. The standard InChI is InChI=1S/C17H30ClN3/c1-4-10-21-17(16(18)12-20-21)15-9-7-5-6-8-14(15)11-19-13(2)3/h12-15,19H,4-11H2,1-3H3. The van der Waals surface area contributed by atoms with Crippen LogP contribution in [0.15, 0.2) is 6.20 Å². The molecule has 21 heavy (non-hydrogen) atoms. The highest BCUT2D eigenvalue weighted by Crippen LogP contribution is 2.39. The van der Waals surface area contributed by atoms with E-state index in [1.54, 1.807) is 0 Å². The Balaban J connectivity index is 2.21. The maximum absolute atomic E-state index is 6.49. The largest absolute Gasteiger partial charge is 0.314 e. The van der Waals surface area contributed by atoms with Crippen molar-refractivity contribution in [2.45, 2.75) is 77.8 Å². The van der Waals surface area contributed by atoms with Crippen molar-refractivity contribution in [2.24, 2.45) is 5.92 Å². The summed E-state index contributed by atoms with van der Waals surface area (Å²) >= 11 is 6.49. The average molecular weight is 312 g/mol. The fourth-order valence-electron chi connectivity index (χ4n) is 3.51. The second kappa shape index (κ2) is 8.19. The smallest absolute Gasteiger partial charge is 0.0820 e. The topological polar surface area (TPSA) is 29.9 Å². The van der Waals surface area contributed by atoms with Gasteiger partial charge in [-0.25, -0.2) is 0 Å². The van der Waals surface area contributed by atoms with Gasteiger partial charge in [-0.1, -0.05) is 51.6 Å². The van der Waals surface area contributed by atoms with Crippen LogP contribution in [0.25, 0.3) is 0 Å². The SMILES string of the molecule is CCCn1ncc(Cl)c1C1CCCCCC1CNC(C)C. The third kappa shape index (κ3) is 4.46. The van der Waals surface area contributed by atoms with Crippen molar-refractivity contribution in [1.82, 2.24) is 15.1 Å². The lowest BCUT2D eigenvalue weighted by molar-refractivity contribution is 0.346. The maximum Gasteiger partial charge on any atom is 0.0820 e. The van der Waals surface area contributed by atoms with Crippen LogP contribution in [0, 0.1) is 5.92 Å². The van der Waals surface area contributed by atoms with Gasteiger partial charge in [-0.05, 0) is 31.7 Å². The molecule has 1 fully saturated rings. The lowest BCUT2D eigenvalue weighted by Crippen LogP contribution is -2.32. The van der Waals surface area contributed by atoms with Crippen molar-refractivity contribution in [2.75, 3.05) is 6.54 Å². The summed E-state index contributed by atoms with van der Waals surface area (Å²) in [4.78, 5) is 0. The first-order valence-electron chi connectivity index (χ1n) is 8.58. The van der Waals surface area contributed by atoms with Crippen LogP contribution in [0.4, 0.5) is 0 Å². The third-order valence-corrected chi connectivity index (χ3v) is 4.86. The van der Waals surface area contributed by atoms with Gasteiger partial charge in [-0.2, -0.15) is 5.10 Å². The molecule has 1 N–H and O–H groups in total. The van der Waals surface area contributed by atoms with Gasteiger partial charge in [-0.3, -0.25) is 4.68 Å². The summed E-state index contributed by atoms with van der Waals surface area (Å²) < 4.78 is 2.15. The highest BCUT2D eigenvalue weighted by molar-refractivity contribution is 6.31. The summed E-state index contributed by atoms with van der Waals surface area (Å²) in [6.07, 6.45) is 9.51. The monoisotopic (exact) mass is 311 g/mol. The van der Waals surface area contributed by atoms with Crippen molar-refractivity contribution in [3.05, 3.63) is 16.9 Å². The molecule has 1 saturated carbocycles. The van der Waals surface area contributed by atoms with E-state index in [0.717, 1.165) is 24.5 Å². The lowest BCUT2D eigenvalue weighted by Gasteiger charge is -2.27. The Hall–Kier alpha value is -0.540. The number of hydrogen-bond acceptors (Lipinski definition) is 2. The predicted molar refractivity (Wildman–Crippen MR) is 90.0 cm³/mol. The number of nitrogens with zero attached hydrogens (tertiary/aromatic N) is 2. The number of hydrogen-bond donors (Lipinski definition) is 1. The molecule has 0 bridgehead atoms. The molecule has 1 aliphatic rings. The first kappa shape index (κ1) is 16.8. The van der Waals surface area contributed by atoms with Gasteiger partial charge in [0, 0.05) is 18.5 Å². The summed E-state index contributed by atoms with van der Waals surface area (Å²) in [7, 11) is 0. The molecular weight excluding hydrogens is 282 g/mol. The van der Waals surface area contributed by atoms with E-state index in [2.05, 4.69) is 35.9 Å². The normalized spacial score (nSPS) is 23.5. The van der Waals surface area contributed by atoms with Crippen LogP contribution in [0.3, 0.4) is 0 Å². The van der Waals surface area contributed by atoms with Gasteiger partial charge in [0.1, 0.15) is 0 Å². The summed E-state index contributed by atoms with van der Waals surface area (Å²) in [5.41, 5.74) is 1.29. The van der Waals surface area contributed by atoms with Crippen LogP contribution in [0.5, 0.6) is 0 Å². The number of halogens is 1. The molecule has 2 atom stereocenters. The molecule has 1 heterocycles. The van der Waals surface area contributed by atoms with Gasteiger partial charge in [0.15, 0.2) is 0 Å². The molecule has 120 valence electrons. The zero-order chi connectivity index (χ0) is 15.2. The molecule has 0 amide bonds. The van der Waals surface area contributed by atoms with E-state index < -0.39 is 0 Å². The summed E-state index contributed by atoms with van der Waals surface area (Å²) in [5, 5.41) is 9.00. The van der Waals surface area contributed by atoms with E-state index in [9.17, 15) is 0 Å². The minimum absolute atomic E-state index is 0.546. The number of rotatable bonds is 6. The molecule has 0 saturated heterocycles. The highest BCUT2D eigenvalue weighted by atomic mass is 35.5. The van der Waals surface area contributed by atoms with Gasteiger partial charge in [0.25, 0.3) is 0 Å². The van der Waals surface area contributed by atoms with Crippen LogP contribution in [0.2, 0.25) is 5.02 Å². The molecule has 0 spiro atoms. The zero-order valence-corrected chi connectivity index (χ0v) is 14.5. The van der Waals surface area contributed by atoms with E-state index in [0.29, 0.717) is 17.9 Å². The maximum atomic E-state index is 6.49. The number of aryl methyl sites for hydroxylation is 1. The number of nitrogens with one attached hydrogen (secondary N) is 1. The molecular formula is C17H30ClN3. The first-order chi connectivity index (χ1) is 10.1. The van der Waals surface area contributed by atoms with Crippen molar-refractivity contribution in [1.29, 1.82) is 0 Å². The van der Waals surface area contributed by atoms with Crippen molar-refractivity contribution in [3.63, 3.8) is 0 Å². The lowest BCUT2D eigenvalue weighted by atomic mass is 9.85. The Morgan fingerprint density at radius 2 is 2.10 bits per heavy atom. The second-order valence-corrected chi connectivity index (χ2v) is 7.08. The first-order valence-corrected chi connectivity index (χ1v) is 8.95. The molecule has 4 heteroatoms. The molecule has 0 aromatic carbocycles. The van der Waals surface area contributed by atoms with E-state index >= 15 is 0 Å². The van der Waals surface area contributed by atoms with E-state index in [4.69, 9.17) is 11.6 Å². The Labute approximate surface area is 134 Å². The summed E-state index contributed by atoms with van der Waals surface area (Å²) in [6.45, 7) is 8.71. The van der Waals surface area contributed by atoms with E-state index in [1.807, 2.05) is 6.20 Å². The van der Waals surface area contributed by atoms with Crippen LogP contribution in [-0.4, -0.2) is 22.4 Å². The van der Waals surface area contributed by atoms with Crippen molar-refractivity contribution < 1.29 is 0 Å². The molecule has 1 aliphatic carbocycles. The third-order valence-electron chi connectivity index (χ3n) is 4.57. The molecule has 0 aliphatic heterocycles. The average Bonchev–Trinajstić information content (AvgIpc) is 2.67. The fourth-order valence-corrected chi connectivity index (χ4v) is 3.79.